The highest BCUT2D eigenvalue weighted by Crippen LogP contribution is 2.25. The van der Waals surface area contributed by atoms with Crippen molar-refractivity contribution in [2.45, 2.75) is 44.6 Å². The van der Waals surface area contributed by atoms with E-state index in [9.17, 15) is 14.3 Å². The van der Waals surface area contributed by atoms with Gasteiger partial charge in [0.15, 0.2) is 0 Å². The second-order valence-corrected chi connectivity index (χ2v) is 5.69. The Kier molecular flexibility index (Phi) is 5.12. The molecular formula is C16H22FNO2. The van der Waals surface area contributed by atoms with Crippen LogP contribution in [0.2, 0.25) is 0 Å². The Hall–Kier alpha value is -1.42. The first-order chi connectivity index (χ1) is 9.58. The predicted octanol–water partition coefficient (Wildman–Crippen LogP) is 2.60. The summed E-state index contributed by atoms with van der Waals surface area (Å²) in [6.45, 7) is 2.37. The summed E-state index contributed by atoms with van der Waals surface area (Å²) in [6.07, 6.45) is 2.78. The predicted molar refractivity (Wildman–Crippen MR) is 75.8 cm³/mol. The molecule has 2 rings (SSSR count). The van der Waals surface area contributed by atoms with Crippen LogP contribution in [0.25, 0.3) is 0 Å². The molecule has 2 N–H and O–H groups in total. The van der Waals surface area contributed by atoms with Crippen LogP contribution in [0.15, 0.2) is 24.3 Å². The van der Waals surface area contributed by atoms with Gasteiger partial charge in [-0.05, 0) is 30.4 Å². The summed E-state index contributed by atoms with van der Waals surface area (Å²) in [5.41, 5.74) is 0.573. The molecule has 1 aliphatic carbocycles. The van der Waals surface area contributed by atoms with Crippen molar-refractivity contribution in [3.8, 4) is 0 Å². The van der Waals surface area contributed by atoms with Gasteiger partial charge in [0.1, 0.15) is 5.82 Å². The number of hydrogen-bond donors (Lipinski definition) is 2. The van der Waals surface area contributed by atoms with Crippen LogP contribution >= 0.6 is 0 Å². The first kappa shape index (κ1) is 15.0. The summed E-state index contributed by atoms with van der Waals surface area (Å²) in [5.74, 6) is -0.328. The maximum atomic E-state index is 13.6. The van der Waals surface area contributed by atoms with Crippen molar-refractivity contribution in [2.24, 2.45) is 5.92 Å². The molecule has 3 nitrogen and oxygen atoms in total. The third-order valence-electron chi connectivity index (χ3n) is 4.11. The lowest BCUT2D eigenvalue weighted by atomic mass is 9.96. The summed E-state index contributed by atoms with van der Waals surface area (Å²) in [6, 6.07) is 6.56. The first-order valence-corrected chi connectivity index (χ1v) is 7.27. The molecule has 1 aliphatic rings. The van der Waals surface area contributed by atoms with Gasteiger partial charge in [-0.1, -0.05) is 31.5 Å². The molecule has 0 aliphatic heterocycles. The van der Waals surface area contributed by atoms with Crippen LogP contribution in [0.5, 0.6) is 0 Å². The van der Waals surface area contributed by atoms with E-state index in [1.807, 2.05) is 6.92 Å². The molecular weight excluding hydrogens is 257 g/mol. The number of carbonyl (C=O) groups excluding carboxylic acids is 1. The van der Waals surface area contributed by atoms with Crippen LogP contribution in [-0.2, 0) is 4.79 Å². The summed E-state index contributed by atoms with van der Waals surface area (Å²) in [5, 5.41) is 12.6. The second-order valence-electron chi connectivity index (χ2n) is 5.69. The van der Waals surface area contributed by atoms with Crippen molar-refractivity contribution in [2.75, 3.05) is 6.54 Å². The second kappa shape index (κ2) is 6.84. The number of carbonyl (C=O) groups is 1. The number of benzene rings is 1. The lowest BCUT2D eigenvalue weighted by Gasteiger charge is -2.17. The summed E-state index contributed by atoms with van der Waals surface area (Å²) < 4.78 is 13.6. The number of aliphatic hydroxyl groups is 1. The fourth-order valence-corrected chi connectivity index (χ4v) is 2.84. The molecule has 0 bridgehead atoms. The highest BCUT2D eigenvalue weighted by Gasteiger charge is 2.25. The van der Waals surface area contributed by atoms with Gasteiger partial charge in [-0.2, -0.15) is 0 Å². The lowest BCUT2D eigenvalue weighted by Crippen LogP contribution is -2.33. The van der Waals surface area contributed by atoms with Gasteiger partial charge in [0.05, 0.1) is 6.10 Å². The number of amides is 1. The minimum absolute atomic E-state index is 0.0835. The van der Waals surface area contributed by atoms with Crippen LogP contribution in [0.1, 0.15) is 44.1 Å². The molecule has 0 spiro atoms. The Morgan fingerprint density at radius 2 is 2.20 bits per heavy atom. The van der Waals surface area contributed by atoms with Gasteiger partial charge in [-0.15, -0.1) is 0 Å². The molecule has 1 aromatic carbocycles. The van der Waals surface area contributed by atoms with E-state index < -0.39 is 0 Å². The maximum absolute atomic E-state index is 13.6. The first-order valence-electron chi connectivity index (χ1n) is 7.27. The highest BCUT2D eigenvalue weighted by molar-refractivity contribution is 5.76. The fraction of sp³-hybridized carbons (Fsp3) is 0.562. The van der Waals surface area contributed by atoms with Gasteiger partial charge in [0.2, 0.25) is 5.91 Å². The molecule has 1 saturated carbocycles. The zero-order chi connectivity index (χ0) is 14.5. The minimum atomic E-state index is -0.292. The molecule has 0 aromatic heterocycles. The average Bonchev–Trinajstić information content (AvgIpc) is 2.82. The molecule has 0 heterocycles. The fourth-order valence-electron chi connectivity index (χ4n) is 2.84. The van der Waals surface area contributed by atoms with Crippen LogP contribution in [0, 0.1) is 11.7 Å². The van der Waals surface area contributed by atoms with Gasteiger partial charge in [0, 0.05) is 18.9 Å². The number of hydrogen-bond acceptors (Lipinski definition) is 2. The van der Waals surface area contributed by atoms with E-state index in [2.05, 4.69) is 5.32 Å². The maximum Gasteiger partial charge on any atom is 0.220 e. The Morgan fingerprint density at radius 3 is 2.85 bits per heavy atom. The summed E-state index contributed by atoms with van der Waals surface area (Å²) >= 11 is 0. The number of nitrogens with one attached hydrogen (secondary N) is 1. The molecule has 110 valence electrons. The van der Waals surface area contributed by atoms with Crippen LogP contribution in [0.4, 0.5) is 4.39 Å². The molecule has 0 radical (unpaired) electrons. The molecule has 1 fully saturated rings. The van der Waals surface area contributed by atoms with E-state index in [-0.39, 0.29) is 36.1 Å². The van der Waals surface area contributed by atoms with Crippen molar-refractivity contribution in [3.63, 3.8) is 0 Å². The summed E-state index contributed by atoms with van der Waals surface area (Å²) in [4.78, 5) is 11.9. The van der Waals surface area contributed by atoms with Gasteiger partial charge in [-0.25, -0.2) is 4.39 Å². The lowest BCUT2D eigenvalue weighted by molar-refractivity contribution is -0.121. The largest absolute Gasteiger partial charge is 0.393 e. The Balaban J connectivity index is 1.81. The van der Waals surface area contributed by atoms with Crippen LogP contribution in [0.3, 0.4) is 0 Å². The molecule has 20 heavy (non-hydrogen) atoms. The highest BCUT2D eigenvalue weighted by atomic mass is 19.1. The SMILES string of the molecule is CC(CC(=O)NCC1CCCC1O)c1ccccc1F. The number of rotatable bonds is 5. The zero-order valence-electron chi connectivity index (χ0n) is 11.8. The van der Waals surface area contributed by atoms with Crippen molar-refractivity contribution < 1.29 is 14.3 Å². The van der Waals surface area contributed by atoms with E-state index >= 15 is 0 Å². The molecule has 1 aromatic rings. The molecule has 4 heteroatoms. The Labute approximate surface area is 119 Å². The normalized spacial score (nSPS) is 23.6. The van der Waals surface area contributed by atoms with Gasteiger partial charge in [-0.3, -0.25) is 4.79 Å². The number of aliphatic hydroxyl groups excluding tert-OH is 1. The van der Waals surface area contributed by atoms with Crippen LogP contribution < -0.4 is 5.32 Å². The Morgan fingerprint density at radius 1 is 1.45 bits per heavy atom. The zero-order valence-corrected chi connectivity index (χ0v) is 11.8. The molecule has 1 amide bonds. The topological polar surface area (TPSA) is 49.3 Å². The third kappa shape index (κ3) is 3.79. The van der Waals surface area contributed by atoms with Crippen LogP contribution in [-0.4, -0.2) is 23.7 Å². The quantitative estimate of drug-likeness (QED) is 0.870. The minimum Gasteiger partial charge on any atom is -0.393 e. The van der Waals surface area contributed by atoms with Gasteiger partial charge >= 0.3 is 0 Å². The number of halogens is 1. The van der Waals surface area contributed by atoms with E-state index in [1.165, 1.54) is 6.07 Å². The third-order valence-corrected chi connectivity index (χ3v) is 4.11. The van der Waals surface area contributed by atoms with E-state index in [0.717, 1.165) is 19.3 Å². The van der Waals surface area contributed by atoms with Crippen molar-refractivity contribution in [1.82, 2.24) is 5.32 Å². The molecule has 0 saturated heterocycles. The average molecular weight is 279 g/mol. The monoisotopic (exact) mass is 279 g/mol. The Bertz CT molecular complexity index is 464. The van der Waals surface area contributed by atoms with Crippen molar-refractivity contribution >= 4 is 5.91 Å². The van der Waals surface area contributed by atoms with E-state index in [0.29, 0.717) is 12.1 Å². The summed E-state index contributed by atoms with van der Waals surface area (Å²) in [7, 11) is 0. The smallest absolute Gasteiger partial charge is 0.220 e. The van der Waals surface area contributed by atoms with E-state index in [1.54, 1.807) is 18.2 Å². The molecule has 3 atom stereocenters. The molecule has 3 unspecified atom stereocenters. The standard InChI is InChI=1S/C16H22FNO2/c1-11(13-6-2-3-7-14(13)17)9-16(20)18-10-12-5-4-8-15(12)19/h2-3,6-7,11-12,15,19H,4-5,8-10H2,1H3,(H,18,20). The van der Waals surface area contributed by atoms with Crippen molar-refractivity contribution in [1.29, 1.82) is 0 Å². The van der Waals surface area contributed by atoms with Gasteiger partial charge < -0.3 is 10.4 Å². The van der Waals surface area contributed by atoms with Crippen molar-refractivity contribution in [3.05, 3.63) is 35.6 Å². The van der Waals surface area contributed by atoms with E-state index in [4.69, 9.17) is 0 Å². The van der Waals surface area contributed by atoms with Gasteiger partial charge in [0.25, 0.3) is 0 Å².